The predicted octanol–water partition coefficient (Wildman–Crippen LogP) is 3.58. The van der Waals surface area contributed by atoms with Crippen LogP contribution in [0.1, 0.15) is 19.4 Å². The van der Waals surface area contributed by atoms with E-state index in [1.54, 1.807) is 7.11 Å². The summed E-state index contributed by atoms with van der Waals surface area (Å²) in [5, 5.41) is 0. The van der Waals surface area contributed by atoms with Gasteiger partial charge in [-0.3, -0.25) is 0 Å². The van der Waals surface area contributed by atoms with Crippen LogP contribution < -0.4 is 4.74 Å². The van der Waals surface area contributed by atoms with Crippen molar-refractivity contribution in [1.29, 1.82) is 0 Å². The maximum atomic E-state index is 12.1. The van der Waals surface area contributed by atoms with E-state index in [1.165, 1.54) is 19.9 Å². The summed E-state index contributed by atoms with van der Waals surface area (Å²) in [6.45, 7) is 3.04. The number of ether oxygens (including phenoxy) is 3. The zero-order valence-corrected chi connectivity index (χ0v) is 14.2. The predicted molar refractivity (Wildman–Crippen MR) is 92.7 cm³/mol. The molecule has 5 nitrogen and oxygen atoms in total. The molecule has 0 bridgehead atoms. The van der Waals surface area contributed by atoms with Crippen LogP contribution in [0, 0.1) is 0 Å². The molecule has 0 aromatic heterocycles. The summed E-state index contributed by atoms with van der Waals surface area (Å²) in [6.07, 6.45) is 1.50. The first-order valence-corrected chi connectivity index (χ1v) is 7.81. The number of hydrogen-bond acceptors (Lipinski definition) is 5. The van der Waals surface area contributed by atoms with Crippen LogP contribution in [0.4, 0.5) is 0 Å². The van der Waals surface area contributed by atoms with Crippen LogP contribution in [-0.4, -0.2) is 24.8 Å². The third-order valence-corrected chi connectivity index (χ3v) is 3.78. The van der Waals surface area contributed by atoms with Gasteiger partial charge in [-0.15, -0.1) is 0 Å². The molecule has 0 atom stereocenters. The second-order valence-corrected chi connectivity index (χ2v) is 6.05. The van der Waals surface area contributed by atoms with Crippen LogP contribution in [0.5, 0.6) is 5.75 Å². The van der Waals surface area contributed by atoms with E-state index in [-0.39, 0.29) is 5.57 Å². The molecule has 2 aromatic rings. The number of hydrogen-bond donors (Lipinski definition) is 0. The third kappa shape index (κ3) is 3.55. The van der Waals surface area contributed by atoms with Crippen molar-refractivity contribution in [3.8, 4) is 16.9 Å². The first kappa shape index (κ1) is 16.8. The number of carbonyl (C=O) groups is 2. The average molecular weight is 338 g/mol. The Morgan fingerprint density at radius 2 is 1.52 bits per heavy atom. The average Bonchev–Trinajstić information content (AvgIpc) is 2.58. The Bertz CT molecular complexity index is 825. The fraction of sp³-hybridized carbons (Fsp3) is 0.200. The largest absolute Gasteiger partial charge is 0.497 e. The molecule has 1 saturated heterocycles. The summed E-state index contributed by atoms with van der Waals surface area (Å²) in [6, 6.07) is 15.0. The van der Waals surface area contributed by atoms with Crippen molar-refractivity contribution >= 4 is 18.0 Å². The topological polar surface area (TPSA) is 61.8 Å². The molecule has 1 aliphatic rings. The Balaban J connectivity index is 2.01. The number of carbonyl (C=O) groups excluding carboxylic acids is 2. The fourth-order valence-electron chi connectivity index (χ4n) is 2.59. The highest BCUT2D eigenvalue weighted by atomic mass is 16.7. The van der Waals surface area contributed by atoms with Crippen LogP contribution in [-0.2, 0) is 19.1 Å². The monoisotopic (exact) mass is 338 g/mol. The van der Waals surface area contributed by atoms with Gasteiger partial charge in [0.05, 0.1) is 7.11 Å². The van der Waals surface area contributed by atoms with Crippen molar-refractivity contribution in [2.24, 2.45) is 0 Å². The van der Waals surface area contributed by atoms with Crippen molar-refractivity contribution in [1.82, 2.24) is 0 Å². The number of esters is 2. The first-order valence-electron chi connectivity index (χ1n) is 7.81. The van der Waals surface area contributed by atoms with Crippen LogP contribution >= 0.6 is 0 Å². The molecular weight excluding hydrogens is 320 g/mol. The van der Waals surface area contributed by atoms with Crippen LogP contribution in [0.3, 0.4) is 0 Å². The molecule has 0 aliphatic carbocycles. The van der Waals surface area contributed by atoms with Crippen molar-refractivity contribution in [3.63, 3.8) is 0 Å². The van der Waals surface area contributed by atoms with Crippen molar-refractivity contribution in [3.05, 3.63) is 59.7 Å². The second kappa shape index (κ2) is 6.43. The Labute approximate surface area is 145 Å². The van der Waals surface area contributed by atoms with Gasteiger partial charge in [-0.05, 0) is 34.9 Å². The van der Waals surface area contributed by atoms with Crippen molar-refractivity contribution in [2.75, 3.05) is 7.11 Å². The summed E-state index contributed by atoms with van der Waals surface area (Å²) in [7, 11) is 1.61. The van der Waals surface area contributed by atoms with Gasteiger partial charge in [-0.2, -0.15) is 0 Å². The number of benzene rings is 2. The number of rotatable bonds is 3. The zero-order chi connectivity index (χ0) is 18.0. The standard InChI is InChI=1S/C20H18O5/c1-20(2)24-18(21)17(19(22)25-20)12-14-6-4-5-7-16(14)13-8-10-15(23-3)11-9-13/h4-12H,1-3H3. The smallest absolute Gasteiger partial charge is 0.348 e. The highest BCUT2D eigenvalue weighted by molar-refractivity contribution is 6.19. The first-order chi connectivity index (χ1) is 11.9. The minimum absolute atomic E-state index is 0.125. The van der Waals surface area contributed by atoms with Gasteiger partial charge in [0.2, 0.25) is 0 Å². The highest BCUT2D eigenvalue weighted by Crippen LogP contribution is 2.29. The van der Waals surface area contributed by atoms with Gasteiger partial charge in [0.25, 0.3) is 5.79 Å². The molecule has 0 N–H and O–H groups in total. The van der Waals surface area contributed by atoms with E-state index in [1.807, 2.05) is 48.5 Å². The van der Waals surface area contributed by atoms with Gasteiger partial charge in [0.1, 0.15) is 11.3 Å². The van der Waals surface area contributed by atoms with E-state index in [0.29, 0.717) is 0 Å². The Kier molecular flexibility index (Phi) is 4.31. The normalized spacial score (nSPS) is 16.0. The SMILES string of the molecule is COc1ccc(-c2ccccc2C=C2C(=O)OC(C)(C)OC2=O)cc1. The highest BCUT2D eigenvalue weighted by Gasteiger charge is 2.38. The molecule has 25 heavy (non-hydrogen) atoms. The van der Waals surface area contributed by atoms with E-state index < -0.39 is 17.7 Å². The van der Waals surface area contributed by atoms with Gasteiger partial charge in [0, 0.05) is 13.8 Å². The minimum Gasteiger partial charge on any atom is -0.497 e. The quantitative estimate of drug-likeness (QED) is 0.486. The number of methoxy groups -OCH3 is 1. The molecule has 0 amide bonds. The summed E-state index contributed by atoms with van der Waals surface area (Å²) in [4.78, 5) is 24.3. The molecule has 3 rings (SSSR count). The Morgan fingerprint density at radius 3 is 2.12 bits per heavy atom. The zero-order valence-electron chi connectivity index (χ0n) is 14.2. The van der Waals surface area contributed by atoms with Gasteiger partial charge in [-0.1, -0.05) is 36.4 Å². The van der Waals surface area contributed by atoms with E-state index in [4.69, 9.17) is 14.2 Å². The molecule has 0 unspecified atom stereocenters. The van der Waals surface area contributed by atoms with Gasteiger partial charge < -0.3 is 14.2 Å². The van der Waals surface area contributed by atoms with E-state index in [9.17, 15) is 9.59 Å². The lowest BCUT2D eigenvalue weighted by Crippen LogP contribution is -2.41. The molecule has 5 heteroatoms. The molecule has 0 saturated carbocycles. The molecule has 1 fully saturated rings. The van der Waals surface area contributed by atoms with Crippen molar-refractivity contribution < 1.29 is 23.8 Å². The lowest BCUT2D eigenvalue weighted by molar-refractivity contribution is -0.222. The maximum Gasteiger partial charge on any atom is 0.348 e. The van der Waals surface area contributed by atoms with Crippen LogP contribution in [0.15, 0.2) is 54.1 Å². The molecular formula is C20H18O5. The molecule has 128 valence electrons. The summed E-state index contributed by atoms with van der Waals surface area (Å²) >= 11 is 0. The minimum atomic E-state index is -1.25. The van der Waals surface area contributed by atoms with Gasteiger partial charge in [0.15, 0.2) is 0 Å². The van der Waals surface area contributed by atoms with Gasteiger partial charge >= 0.3 is 11.9 Å². The van der Waals surface area contributed by atoms with Crippen molar-refractivity contribution in [2.45, 2.75) is 19.6 Å². The molecule has 1 aliphatic heterocycles. The summed E-state index contributed by atoms with van der Waals surface area (Å²) < 4.78 is 15.4. The van der Waals surface area contributed by atoms with E-state index >= 15 is 0 Å². The van der Waals surface area contributed by atoms with E-state index in [0.717, 1.165) is 22.4 Å². The van der Waals surface area contributed by atoms with Crippen LogP contribution in [0.2, 0.25) is 0 Å². The van der Waals surface area contributed by atoms with E-state index in [2.05, 4.69) is 0 Å². The molecule has 1 heterocycles. The van der Waals surface area contributed by atoms with Gasteiger partial charge in [-0.25, -0.2) is 9.59 Å². The lowest BCUT2D eigenvalue weighted by atomic mass is 9.97. The third-order valence-electron chi connectivity index (χ3n) is 3.78. The molecule has 2 aromatic carbocycles. The Morgan fingerprint density at radius 1 is 0.920 bits per heavy atom. The Hall–Kier alpha value is -3.08. The molecule has 0 spiro atoms. The van der Waals surface area contributed by atoms with Crippen LogP contribution in [0.25, 0.3) is 17.2 Å². The summed E-state index contributed by atoms with van der Waals surface area (Å²) in [5.41, 5.74) is 2.41. The lowest BCUT2D eigenvalue weighted by Gasteiger charge is -2.29. The molecule has 0 radical (unpaired) electrons. The summed E-state index contributed by atoms with van der Waals surface area (Å²) in [5.74, 6) is -1.88. The maximum absolute atomic E-state index is 12.1. The second-order valence-electron chi connectivity index (χ2n) is 6.05. The number of cyclic esters (lactones) is 2. The fourth-order valence-corrected chi connectivity index (χ4v) is 2.59.